The number of β-lactam (4-membered cyclic amide) rings is 1. The lowest BCUT2D eigenvalue weighted by atomic mass is 10.0. The van der Waals surface area contributed by atoms with Gasteiger partial charge in [-0.05, 0) is 22.9 Å². The third kappa shape index (κ3) is 3.97. The number of hydrogen-bond acceptors (Lipinski definition) is 11. The Labute approximate surface area is 176 Å². The van der Waals surface area contributed by atoms with E-state index in [-0.39, 0.29) is 23.5 Å². The van der Waals surface area contributed by atoms with Crippen molar-refractivity contribution in [3.05, 3.63) is 22.6 Å². The Morgan fingerprint density at radius 3 is 2.90 bits per heavy atom. The van der Waals surface area contributed by atoms with Gasteiger partial charge in [-0.1, -0.05) is 23.1 Å². The number of aromatic nitrogens is 6. The molecule has 3 N–H and O–H groups in total. The minimum atomic E-state index is -0.724. The average molecular weight is 454 g/mol. The maximum absolute atomic E-state index is 12.7. The second-order valence-corrected chi connectivity index (χ2v) is 9.66. The summed E-state index contributed by atoms with van der Waals surface area (Å²) in [5.74, 6) is -0.418. The molecule has 1 fully saturated rings. The van der Waals surface area contributed by atoms with E-state index in [0.717, 1.165) is 14.9 Å². The predicted octanol–water partition coefficient (Wildman–Crippen LogP) is -1.24. The number of carbonyl (C=O) groups excluding carboxylic acids is 3. The second-order valence-electron chi connectivity index (χ2n) is 6.15. The van der Waals surface area contributed by atoms with Crippen LogP contribution in [0.2, 0.25) is 0 Å². The molecule has 4 rings (SSSR count). The quantitative estimate of drug-likeness (QED) is 0.383. The van der Waals surface area contributed by atoms with Crippen LogP contribution in [0.25, 0.3) is 0 Å². The van der Waals surface area contributed by atoms with Crippen molar-refractivity contribution in [1.82, 2.24) is 40.6 Å². The fourth-order valence-corrected chi connectivity index (χ4v) is 6.24. The number of hydrogen-bond donors (Lipinski definition) is 2. The van der Waals surface area contributed by atoms with Gasteiger partial charge in [-0.15, -0.1) is 27.1 Å². The van der Waals surface area contributed by atoms with Gasteiger partial charge in [0, 0.05) is 11.5 Å². The smallest absolute Gasteiger partial charge is 0.265 e. The van der Waals surface area contributed by atoms with Gasteiger partial charge in [-0.3, -0.25) is 19.3 Å². The third-order valence-electron chi connectivity index (χ3n) is 4.17. The molecule has 1 unspecified atom stereocenters. The third-order valence-corrected chi connectivity index (χ3v) is 7.57. The highest BCUT2D eigenvalue weighted by Crippen LogP contribution is 2.41. The topological polar surface area (TPSA) is 162 Å². The molecule has 0 spiro atoms. The van der Waals surface area contributed by atoms with Gasteiger partial charge in [0.1, 0.15) is 35.0 Å². The molecule has 0 saturated carbocycles. The second kappa shape index (κ2) is 8.08. The fraction of sp³-hybridized carbons (Fsp3) is 0.429. The molecule has 2 atom stereocenters. The Morgan fingerprint density at radius 1 is 1.41 bits per heavy atom. The van der Waals surface area contributed by atoms with Crippen LogP contribution < -0.4 is 11.1 Å². The zero-order chi connectivity index (χ0) is 20.5. The number of tetrazole rings is 1. The van der Waals surface area contributed by atoms with Crippen molar-refractivity contribution in [2.24, 2.45) is 5.73 Å². The summed E-state index contributed by atoms with van der Waals surface area (Å²) in [4.78, 5) is 38.2. The van der Waals surface area contributed by atoms with Crippen molar-refractivity contribution in [2.75, 3.05) is 11.5 Å². The molecule has 2 aliphatic heterocycles. The number of aryl methyl sites for hydroxylation is 1. The normalized spacial score (nSPS) is 21.0. The summed E-state index contributed by atoms with van der Waals surface area (Å²) in [6, 6.07) is -0.724. The van der Waals surface area contributed by atoms with Crippen molar-refractivity contribution in [2.45, 2.75) is 29.2 Å². The highest BCUT2D eigenvalue weighted by Gasteiger charge is 2.53. The minimum absolute atomic E-state index is 0.101. The zero-order valence-electron chi connectivity index (χ0n) is 15.0. The molecule has 2 aliphatic rings. The van der Waals surface area contributed by atoms with Crippen molar-refractivity contribution < 1.29 is 14.4 Å². The molecule has 0 aromatic carbocycles. The van der Waals surface area contributed by atoms with Gasteiger partial charge < -0.3 is 11.1 Å². The van der Waals surface area contributed by atoms with E-state index in [4.69, 9.17) is 5.73 Å². The van der Waals surface area contributed by atoms with Crippen molar-refractivity contribution >= 4 is 52.6 Å². The number of amides is 3. The number of primary amides is 1. The fourth-order valence-electron chi connectivity index (χ4n) is 2.94. The highest BCUT2D eigenvalue weighted by atomic mass is 32.2. The SMILES string of the molecule is Cc1nnc(SCC2=C(C(N)=O)N3C(=O)[C@H](NC(=O)Cn4cnnn4)C3SC2)s1. The largest absolute Gasteiger partial charge is 0.364 e. The summed E-state index contributed by atoms with van der Waals surface area (Å²) in [7, 11) is 0. The van der Waals surface area contributed by atoms with Crippen LogP contribution in [0.5, 0.6) is 0 Å². The first kappa shape index (κ1) is 19.8. The zero-order valence-corrected chi connectivity index (χ0v) is 17.5. The summed E-state index contributed by atoms with van der Waals surface area (Å²) < 4.78 is 2.04. The van der Waals surface area contributed by atoms with Crippen LogP contribution in [0.15, 0.2) is 21.9 Å². The molecule has 0 aliphatic carbocycles. The van der Waals surface area contributed by atoms with E-state index in [9.17, 15) is 14.4 Å². The molecule has 0 radical (unpaired) electrons. The Kier molecular flexibility index (Phi) is 5.51. The summed E-state index contributed by atoms with van der Waals surface area (Å²) in [5.41, 5.74) is 6.54. The molecule has 2 aromatic rings. The number of carbonyl (C=O) groups is 3. The first-order valence-electron chi connectivity index (χ1n) is 8.33. The number of fused-ring (bicyclic) bond motifs is 1. The van der Waals surface area contributed by atoms with Crippen molar-refractivity contribution in [3.63, 3.8) is 0 Å². The minimum Gasteiger partial charge on any atom is -0.364 e. The van der Waals surface area contributed by atoms with Crippen LogP contribution in [0.1, 0.15) is 5.01 Å². The van der Waals surface area contributed by atoms with Gasteiger partial charge in [-0.2, -0.15) is 0 Å². The maximum Gasteiger partial charge on any atom is 0.265 e. The van der Waals surface area contributed by atoms with Gasteiger partial charge in [0.25, 0.3) is 11.8 Å². The molecular formula is C14H15N9O3S3. The molecule has 1 saturated heterocycles. The van der Waals surface area contributed by atoms with Crippen LogP contribution in [-0.4, -0.2) is 75.9 Å². The van der Waals surface area contributed by atoms with Crippen LogP contribution in [-0.2, 0) is 20.9 Å². The Hall–Kier alpha value is -2.52. The highest BCUT2D eigenvalue weighted by molar-refractivity contribution is 8.01. The van der Waals surface area contributed by atoms with Gasteiger partial charge >= 0.3 is 0 Å². The molecule has 2 aromatic heterocycles. The molecule has 12 nitrogen and oxygen atoms in total. The standard InChI is InChI=1S/C14H15N9O3S3/c1-6-18-19-14(29-6)28-4-7-3-27-13-9(12(26)23(13)10(7)11(15)25)17-8(24)2-22-5-16-20-21-22/h5,9,13H,2-4H2,1H3,(H2,15,25)(H,17,24)/t9-,13?/m0/s1. The molecule has 15 heteroatoms. The maximum atomic E-state index is 12.7. The van der Waals surface area contributed by atoms with E-state index >= 15 is 0 Å². The van der Waals surface area contributed by atoms with E-state index in [0.29, 0.717) is 11.5 Å². The predicted molar refractivity (Wildman–Crippen MR) is 104 cm³/mol. The summed E-state index contributed by atoms with van der Waals surface area (Å²) in [6.45, 7) is 1.76. The van der Waals surface area contributed by atoms with Crippen molar-refractivity contribution in [1.29, 1.82) is 0 Å². The number of rotatable bonds is 7. The van der Waals surface area contributed by atoms with E-state index in [1.165, 1.54) is 50.8 Å². The lowest BCUT2D eigenvalue weighted by Gasteiger charge is -2.49. The van der Waals surface area contributed by atoms with Gasteiger partial charge in [0.15, 0.2) is 4.34 Å². The Bertz CT molecular complexity index is 990. The first-order valence-corrected chi connectivity index (χ1v) is 11.2. The van der Waals surface area contributed by atoms with Crippen LogP contribution in [0.4, 0.5) is 0 Å². The van der Waals surface area contributed by atoms with Crippen LogP contribution in [0.3, 0.4) is 0 Å². The molecule has 0 bridgehead atoms. The number of nitrogens with zero attached hydrogens (tertiary/aromatic N) is 7. The van der Waals surface area contributed by atoms with Gasteiger partial charge in [0.2, 0.25) is 5.91 Å². The van der Waals surface area contributed by atoms with E-state index in [2.05, 4.69) is 31.0 Å². The number of nitrogens with two attached hydrogens (primary N) is 1. The molecule has 152 valence electrons. The van der Waals surface area contributed by atoms with Crippen LogP contribution in [0, 0.1) is 6.92 Å². The summed E-state index contributed by atoms with van der Waals surface area (Å²) >= 11 is 4.39. The molecule has 29 heavy (non-hydrogen) atoms. The number of nitrogens with one attached hydrogen (secondary N) is 1. The lowest BCUT2D eigenvalue weighted by Crippen LogP contribution is -2.71. The molecular weight excluding hydrogens is 438 g/mol. The van der Waals surface area contributed by atoms with Gasteiger partial charge in [0.05, 0.1) is 0 Å². The van der Waals surface area contributed by atoms with Gasteiger partial charge in [-0.25, -0.2) is 4.68 Å². The van der Waals surface area contributed by atoms with Crippen molar-refractivity contribution in [3.8, 4) is 0 Å². The van der Waals surface area contributed by atoms with E-state index in [1.54, 1.807) is 0 Å². The Balaban J connectivity index is 1.44. The van der Waals surface area contributed by atoms with E-state index in [1.807, 2.05) is 6.92 Å². The first-order chi connectivity index (χ1) is 13.9. The Morgan fingerprint density at radius 2 is 2.24 bits per heavy atom. The lowest BCUT2D eigenvalue weighted by molar-refractivity contribution is -0.147. The summed E-state index contributed by atoms with van der Waals surface area (Å²) in [5, 5.41) is 21.7. The van der Waals surface area contributed by atoms with Crippen LogP contribution >= 0.6 is 34.9 Å². The molecule has 3 amide bonds. The number of thioether (sulfide) groups is 2. The average Bonchev–Trinajstić information content (AvgIpc) is 3.35. The molecule has 4 heterocycles. The van der Waals surface area contributed by atoms with E-state index < -0.39 is 17.9 Å². The monoisotopic (exact) mass is 453 g/mol. The summed E-state index contributed by atoms with van der Waals surface area (Å²) in [6.07, 6.45) is 1.31.